The minimum absolute atomic E-state index is 0.146. The summed E-state index contributed by atoms with van der Waals surface area (Å²) < 4.78 is 13.9. The Hall–Kier alpha value is -1.68. The molecule has 2 aromatic rings. The standard InChI is InChI=1S/C15H17ClFN3/c1-4-14-18-13(16)9-15(19-14)20(3)10(2)11-7-5-6-8-12(11)17/h5-10H,4H2,1-3H3. The van der Waals surface area contributed by atoms with Gasteiger partial charge in [0.15, 0.2) is 0 Å². The minimum Gasteiger partial charge on any atom is -0.353 e. The predicted molar refractivity (Wildman–Crippen MR) is 79.6 cm³/mol. The maximum Gasteiger partial charge on any atom is 0.134 e. The Bertz CT molecular complexity index is 603. The second-order valence-corrected chi connectivity index (χ2v) is 5.01. The molecule has 0 bridgehead atoms. The molecule has 0 aliphatic carbocycles. The maximum atomic E-state index is 13.9. The maximum absolute atomic E-state index is 13.9. The number of hydrogen-bond acceptors (Lipinski definition) is 3. The average Bonchev–Trinajstić information content (AvgIpc) is 2.45. The topological polar surface area (TPSA) is 29.0 Å². The van der Waals surface area contributed by atoms with Crippen molar-refractivity contribution >= 4 is 17.4 Å². The van der Waals surface area contributed by atoms with Crippen molar-refractivity contribution in [1.82, 2.24) is 9.97 Å². The Morgan fingerprint density at radius 3 is 2.65 bits per heavy atom. The van der Waals surface area contributed by atoms with Gasteiger partial charge in [-0.05, 0) is 13.0 Å². The zero-order valence-electron chi connectivity index (χ0n) is 11.8. The van der Waals surface area contributed by atoms with Gasteiger partial charge in [-0.3, -0.25) is 0 Å². The van der Waals surface area contributed by atoms with E-state index in [1.165, 1.54) is 6.07 Å². The molecule has 20 heavy (non-hydrogen) atoms. The molecule has 3 nitrogen and oxygen atoms in total. The van der Waals surface area contributed by atoms with E-state index in [1.807, 2.05) is 31.9 Å². The van der Waals surface area contributed by atoms with Crippen LogP contribution in [0.15, 0.2) is 30.3 Å². The van der Waals surface area contributed by atoms with E-state index in [0.717, 1.165) is 0 Å². The van der Waals surface area contributed by atoms with Crippen molar-refractivity contribution in [2.24, 2.45) is 0 Å². The molecule has 0 N–H and O–H groups in total. The summed E-state index contributed by atoms with van der Waals surface area (Å²) in [6.45, 7) is 3.90. The Morgan fingerprint density at radius 1 is 1.30 bits per heavy atom. The fraction of sp³-hybridized carbons (Fsp3) is 0.333. The van der Waals surface area contributed by atoms with Gasteiger partial charge in [0, 0.05) is 25.1 Å². The van der Waals surface area contributed by atoms with Crippen LogP contribution < -0.4 is 4.90 Å². The molecule has 0 aliphatic heterocycles. The Balaban J connectivity index is 2.33. The summed E-state index contributed by atoms with van der Waals surface area (Å²) in [5, 5.41) is 0.402. The van der Waals surface area contributed by atoms with Crippen molar-refractivity contribution in [3.63, 3.8) is 0 Å². The summed E-state index contributed by atoms with van der Waals surface area (Å²) in [5.74, 6) is 1.15. The molecule has 1 heterocycles. The third-order valence-corrected chi connectivity index (χ3v) is 3.54. The fourth-order valence-corrected chi connectivity index (χ4v) is 2.21. The average molecular weight is 294 g/mol. The lowest BCUT2D eigenvalue weighted by Gasteiger charge is -2.27. The third-order valence-electron chi connectivity index (χ3n) is 3.34. The molecule has 1 unspecified atom stereocenters. The first-order valence-electron chi connectivity index (χ1n) is 6.53. The molecule has 0 radical (unpaired) electrons. The van der Waals surface area contributed by atoms with Gasteiger partial charge in [0.1, 0.15) is 22.6 Å². The molecule has 0 saturated heterocycles. The summed E-state index contributed by atoms with van der Waals surface area (Å²) in [4.78, 5) is 10.5. The number of aromatic nitrogens is 2. The van der Waals surface area contributed by atoms with Gasteiger partial charge >= 0.3 is 0 Å². The molecule has 0 saturated carbocycles. The highest BCUT2D eigenvalue weighted by Gasteiger charge is 2.17. The molecule has 106 valence electrons. The van der Waals surface area contributed by atoms with Crippen LogP contribution in [0.2, 0.25) is 5.15 Å². The van der Waals surface area contributed by atoms with E-state index in [9.17, 15) is 4.39 Å². The second kappa shape index (κ2) is 6.18. The molecule has 0 amide bonds. The summed E-state index contributed by atoms with van der Waals surface area (Å²) in [5.41, 5.74) is 0.628. The molecule has 1 atom stereocenters. The number of nitrogens with zero attached hydrogens (tertiary/aromatic N) is 3. The van der Waals surface area contributed by atoms with Crippen LogP contribution in [-0.2, 0) is 6.42 Å². The van der Waals surface area contributed by atoms with Gasteiger partial charge < -0.3 is 4.90 Å². The van der Waals surface area contributed by atoms with Gasteiger partial charge in [-0.2, -0.15) is 0 Å². The van der Waals surface area contributed by atoms with E-state index in [-0.39, 0.29) is 11.9 Å². The first kappa shape index (κ1) is 14.7. The van der Waals surface area contributed by atoms with Crippen LogP contribution >= 0.6 is 11.6 Å². The fourth-order valence-electron chi connectivity index (χ4n) is 2.01. The Labute approximate surface area is 123 Å². The monoisotopic (exact) mass is 293 g/mol. The Kier molecular flexibility index (Phi) is 4.55. The first-order valence-corrected chi connectivity index (χ1v) is 6.91. The summed E-state index contributed by atoms with van der Waals surface area (Å²) in [6, 6.07) is 8.30. The van der Waals surface area contributed by atoms with Crippen LogP contribution in [0.25, 0.3) is 0 Å². The van der Waals surface area contributed by atoms with Crippen LogP contribution in [0.5, 0.6) is 0 Å². The van der Waals surface area contributed by atoms with E-state index in [4.69, 9.17) is 11.6 Å². The van der Waals surface area contributed by atoms with E-state index in [1.54, 1.807) is 18.2 Å². The van der Waals surface area contributed by atoms with Crippen molar-refractivity contribution in [1.29, 1.82) is 0 Å². The summed E-state index contributed by atoms with van der Waals surface area (Å²) in [6.07, 6.45) is 0.704. The van der Waals surface area contributed by atoms with Gasteiger partial charge in [0.05, 0.1) is 6.04 Å². The lowest BCUT2D eigenvalue weighted by Crippen LogP contribution is -2.24. The number of benzene rings is 1. The van der Waals surface area contributed by atoms with E-state index in [2.05, 4.69) is 9.97 Å². The molecule has 0 spiro atoms. The van der Waals surface area contributed by atoms with Crippen LogP contribution in [0, 0.1) is 5.82 Å². The van der Waals surface area contributed by atoms with E-state index >= 15 is 0 Å². The highest BCUT2D eigenvalue weighted by molar-refractivity contribution is 6.29. The molecular weight excluding hydrogens is 277 g/mol. The zero-order valence-corrected chi connectivity index (χ0v) is 12.5. The summed E-state index contributed by atoms with van der Waals surface area (Å²) in [7, 11) is 1.87. The molecule has 5 heteroatoms. The number of anilines is 1. The van der Waals surface area contributed by atoms with Crippen LogP contribution in [0.1, 0.15) is 31.3 Å². The van der Waals surface area contributed by atoms with Gasteiger partial charge in [-0.15, -0.1) is 0 Å². The van der Waals surface area contributed by atoms with Crippen LogP contribution in [-0.4, -0.2) is 17.0 Å². The highest BCUT2D eigenvalue weighted by atomic mass is 35.5. The molecule has 1 aromatic carbocycles. The van der Waals surface area contributed by atoms with Gasteiger partial charge in [0.25, 0.3) is 0 Å². The minimum atomic E-state index is -0.220. The number of hydrogen-bond donors (Lipinski definition) is 0. The van der Waals surface area contributed by atoms with E-state index < -0.39 is 0 Å². The van der Waals surface area contributed by atoms with E-state index in [0.29, 0.717) is 28.8 Å². The van der Waals surface area contributed by atoms with Crippen molar-refractivity contribution in [2.45, 2.75) is 26.3 Å². The lowest BCUT2D eigenvalue weighted by molar-refractivity contribution is 0.583. The Morgan fingerprint density at radius 2 is 2.00 bits per heavy atom. The summed E-state index contributed by atoms with van der Waals surface area (Å²) >= 11 is 6.00. The third kappa shape index (κ3) is 3.07. The lowest BCUT2D eigenvalue weighted by atomic mass is 10.1. The highest BCUT2D eigenvalue weighted by Crippen LogP contribution is 2.26. The van der Waals surface area contributed by atoms with Crippen LogP contribution in [0.3, 0.4) is 0 Å². The number of rotatable bonds is 4. The number of halogens is 2. The predicted octanol–water partition coefficient (Wildman–Crippen LogP) is 4.03. The first-order chi connectivity index (χ1) is 9.52. The number of aryl methyl sites for hydroxylation is 1. The van der Waals surface area contributed by atoms with Crippen LogP contribution in [0.4, 0.5) is 10.2 Å². The smallest absolute Gasteiger partial charge is 0.134 e. The van der Waals surface area contributed by atoms with Gasteiger partial charge in [-0.25, -0.2) is 14.4 Å². The normalized spacial score (nSPS) is 12.2. The van der Waals surface area contributed by atoms with Crippen molar-refractivity contribution in [2.75, 3.05) is 11.9 Å². The molecule has 0 aliphatic rings. The van der Waals surface area contributed by atoms with Crippen molar-refractivity contribution in [3.8, 4) is 0 Å². The molecule has 2 rings (SSSR count). The quantitative estimate of drug-likeness (QED) is 0.797. The second-order valence-electron chi connectivity index (χ2n) is 4.63. The van der Waals surface area contributed by atoms with Gasteiger partial charge in [-0.1, -0.05) is 36.7 Å². The SMILES string of the molecule is CCc1nc(Cl)cc(N(C)C(C)c2ccccc2F)n1. The molecule has 1 aromatic heterocycles. The van der Waals surface area contributed by atoms with Crippen molar-refractivity contribution in [3.05, 3.63) is 52.7 Å². The largest absolute Gasteiger partial charge is 0.353 e. The van der Waals surface area contributed by atoms with Crippen molar-refractivity contribution < 1.29 is 4.39 Å². The zero-order chi connectivity index (χ0) is 14.7. The molecule has 0 fully saturated rings. The van der Waals surface area contributed by atoms with Gasteiger partial charge in [0.2, 0.25) is 0 Å². The molecular formula is C15H17ClFN3.